The minimum Gasteiger partial charge on any atom is -0.455 e. The number of fused-ring (bicyclic) bond motifs is 1. The molecule has 98 valence electrons. The third kappa shape index (κ3) is 1.72. The molecular weight excluding hydrogens is 242 g/mol. The number of rotatable bonds is 3. The average molecular weight is 257 g/mol. The van der Waals surface area contributed by atoms with E-state index >= 15 is 0 Å². The highest BCUT2D eigenvalue weighted by Gasteiger charge is 2.57. The molecule has 19 heavy (non-hydrogen) atoms. The van der Waals surface area contributed by atoms with E-state index in [1.165, 1.54) is 12.8 Å². The van der Waals surface area contributed by atoms with Gasteiger partial charge in [0.25, 0.3) is 0 Å². The van der Waals surface area contributed by atoms with Crippen molar-refractivity contribution in [2.45, 2.75) is 38.2 Å². The van der Waals surface area contributed by atoms with Gasteiger partial charge in [0, 0.05) is 6.20 Å². The maximum atomic E-state index is 12.2. The van der Waals surface area contributed by atoms with Crippen LogP contribution in [-0.4, -0.2) is 26.2 Å². The van der Waals surface area contributed by atoms with E-state index in [4.69, 9.17) is 4.74 Å². The van der Waals surface area contributed by atoms with Gasteiger partial charge in [0.1, 0.15) is 11.4 Å². The van der Waals surface area contributed by atoms with Crippen LogP contribution in [0.1, 0.15) is 41.9 Å². The minimum atomic E-state index is -0.223. The van der Waals surface area contributed by atoms with E-state index < -0.39 is 0 Å². The molecule has 5 nitrogen and oxygen atoms in total. The van der Waals surface area contributed by atoms with Crippen LogP contribution in [0.2, 0.25) is 0 Å². The molecule has 0 radical (unpaired) electrons. The van der Waals surface area contributed by atoms with Gasteiger partial charge < -0.3 is 4.74 Å². The van der Waals surface area contributed by atoms with Gasteiger partial charge in [0.05, 0.1) is 5.56 Å². The summed E-state index contributed by atoms with van der Waals surface area (Å²) in [5.41, 5.74) is 1.19. The first-order valence-corrected chi connectivity index (χ1v) is 6.73. The van der Waals surface area contributed by atoms with Gasteiger partial charge in [-0.2, -0.15) is 0 Å². The van der Waals surface area contributed by atoms with Gasteiger partial charge in [-0.25, -0.2) is 4.79 Å². The Bertz CT molecular complexity index is 668. The van der Waals surface area contributed by atoms with Crippen molar-refractivity contribution >= 4 is 11.6 Å². The number of pyridine rings is 1. The number of aryl methyl sites for hydroxylation is 1. The normalized spacial score (nSPS) is 20.5. The van der Waals surface area contributed by atoms with Gasteiger partial charge >= 0.3 is 5.97 Å². The summed E-state index contributed by atoms with van der Waals surface area (Å²) in [7, 11) is 0. The predicted octanol–water partition coefficient (Wildman–Crippen LogP) is 2.14. The molecule has 2 aliphatic rings. The second-order valence-electron chi connectivity index (χ2n) is 5.62. The molecular formula is C14H15N3O2. The predicted molar refractivity (Wildman–Crippen MR) is 67.8 cm³/mol. The van der Waals surface area contributed by atoms with Gasteiger partial charge in [-0.1, -0.05) is 0 Å². The fourth-order valence-corrected chi connectivity index (χ4v) is 2.70. The average Bonchev–Trinajstić information content (AvgIpc) is 3.29. The zero-order valence-corrected chi connectivity index (χ0v) is 10.8. The SMILES string of the molecule is Cc1nnc2ccc(C(=O)OC3(C4CC4)CC3)cn12. The molecule has 0 unspecified atom stereocenters. The Kier molecular flexibility index (Phi) is 2.05. The topological polar surface area (TPSA) is 56.5 Å². The van der Waals surface area contributed by atoms with E-state index in [0.29, 0.717) is 11.5 Å². The first-order valence-electron chi connectivity index (χ1n) is 6.73. The second-order valence-corrected chi connectivity index (χ2v) is 5.62. The molecule has 2 aliphatic carbocycles. The fourth-order valence-electron chi connectivity index (χ4n) is 2.70. The van der Waals surface area contributed by atoms with Gasteiger partial charge in [0.15, 0.2) is 5.65 Å². The summed E-state index contributed by atoms with van der Waals surface area (Å²) in [6, 6.07) is 3.56. The molecule has 2 heterocycles. The molecule has 2 aromatic heterocycles. The van der Waals surface area contributed by atoms with Crippen LogP contribution in [0.25, 0.3) is 5.65 Å². The molecule has 4 rings (SSSR count). The number of esters is 1. The lowest BCUT2D eigenvalue weighted by molar-refractivity contribution is 0.0160. The summed E-state index contributed by atoms with van der Waals surface area (Å²) >= 11 is 0. The van der Waals surface area contributed by atoms with E-state index in [2.05, 4.69) is 10.2 Å². The zero-order valence-electron chi connectivity index (χ0n) is 10.8. The molecule has 2 aromatic rings. The van der Waals surface area contributed by atoms with Crippen LogP contribution in [0.4, 0.5) is 0 Å². The van der Waals surface area contributed by atoms with Crippen LogP contribution in [0.15, 0.2) is 18.3 Å². The third-order valence-electron chi connectivity index (χ3n) is 4.17. The molecule has 0 N–H and O–H groups in total. The summed E-state index contributed by atoms with van der Waals surface area (Å²) in [6.45, 7) is 1.86. The van der Waals surface area contributed by atoms with Crippen LogP contribution in [-0.2, 0) is 4.74 Å². The Morgan fingerprint density at radius 1 is 1.37 bits per heavy atom. The molecule has 0 aromatic carbocycles. The van der Waals surface area contributed by atoms with Crippen LogP contribution in [0.3, 0.4) is 0 Å². The van der Waals surface area contributed by atoms with Crippen molar-refractivity contribution in [1.82, 2.24) is 14.6 Å². The summed E-state index contributed by atoms with van der Waals surface area (Å²) in [6.07, 6.45) is 6.22. The van der Waals surface area contributed by atoms with Crippen molar-refractivity contribution in [3.05, 3.63) is 29.7 Å². The summed E-state index contributed by atoms with van der Waals surface area (Å²) in [4.78, 5) is 12.2. The largest absolute Gasteiger partial charge is 0.455 e. The first kappa shape index (κ1) is 11.0. The van der Waals surface area contributed by atoms with Crippen molar-refractivity contribution in [1.29, 1.82) is 0 Å². The van der Waals surface area contributed by atoms with E-state index in [-0.39, 0.29) is 11.6 Å². The standard InChI is InChI=1S/C14H15N3O2/c1-9-15-16-12-5-2-10(8-17(9)12)13(18)19-14(6-7-14)11-3-4-11/h2,5,8,11H,3-4,6-7H2,1H3. The van der Waals surface area contributed by atoms with E-state index in [0.717, 1.165) is 24.3 Å². The molecule has 2 fully saturated rings. The summed E-state index contributed by atoms with van der Waals surface area (Å²) < 4.78 is 7.54. The molecule has 0 atom stereocenters. The van der Waals surface area contributed by atoms with Crippen LogP contribution >= 0.6 is 0 Å². The number of nitrogens with zero attached hydrogens (tertiary/aromatic N) is 3. The number of hydrogen-bond acceptors (Lipinski definition) is 4. The number of carbonyl (C=O) groups is 1. The highest BCUT2D eigenvalue weighted by molar-refractivity contribution is 5.90. The van der Waals surface area contributed by atoms with E-state index in [9.17, 15) is 4.79 Å². The number of carbonyl (C=O) groups excluding carboxylic acids is 1. The second kappa shape index (κ2) is 3.56. The quantitative estimate of drug-likeness (QED) is 0.790. The van der Waals surface area contributed by atoms with Crippen LogP contribution < -0.4 is 0 Å². The van der Waals surface area contributed by atoms with E-state index in [1.54, 1.807) is 18.3 Å². The maximum absolute atomic E-state index is 12.2. The monoisotopic (exact) mass is 257 g/mol. The molecule has 0 spiro atoms. The minimum absolute atomic E-state index is 0.131. The Balaban J connectivity index is 1.62. The van der Waals surface area contributed by atoms with Gasteiger partial charge in [-0.15, -0.1) is 10.2 Å². The lowest BCUT2D eigenvalue weighted by Crippen LogP contribution is -2.22. The van der Waals surface area contributed by atoms with Crippen molar-refractivity contribution in [2.75, 3.05) is 0 Å². The number of aromatic nitrogens is 3. The smallest absolute Gasteiger partial charge is 0.340 e. The highest BCUT2D eigenvalue weighted by Crippen LogP contribution is 2.56. The van der Waals surface area contributed by atoms with Gasteiger partial charge in [0.2, 0.25) is 0 Å². The Labute approximate surface area is 110 Å². The Morgan fingerprint density at radius 3 is 2.84 bits per heavy atom. The Hall–Kier alpha value is -1.91. The molecule has 0 saturated heterocycles. The van der Waals surface area contributed by atoms with Crippen molar-refractivity contribution in [2.24, 2.45) is 5.92 Å². The zero-order chi connectivity index (χ0) is 13.0. The number of hydrogen-bond donors (Lipinski definition) is 0. The summed E-state index contributed by atoms with van der Waals surface area (Å²) in [5.74, 6) is 1.16. The highest BCUT2D eigenvalue weighted by atomic mass is 16.6. The van der Waals surface area contributed by atoms with Gasteiger partial charge in [-0.3, -0.25) is 4.40 Å². The molecule has 2 saturated carbocycles. The molecule has 0 aliphatic heterocycles. The van der Waals surface area contributed by atoms with Crippen LogP contribution in [0, 0.1) is 12.8 Å². The van der Waals surface area contributed by atoms with E-state index in [1.807, 2.05) is 11.3 Å². The molecule has 5 heteroatoms. The van der Waals surface area contributed by atoms with Crippen LogP contribution in [0.5, 0.6) is 0 Å². The van der Waals surface area contributed by atoms with Crippen molar-refractivity contribution in [3.63, 3.8) is 0 Å². The first-order chi connectivity index (χ1) is 9.18. The van der Waals surface area contributed by atoms with Gasteiger partial charge in [-0.05, 0) is 50.7 Å². The molecule has 0 amide bonds. The van der Waals surface area contributed by atoms with Crippen molar-refractivity contribution in [3.8, 4) is 0 Å². The summed E-state index contributed by atoms with van der Waals surface area (Å²) in [5, 5.41) is 7.99. The van der Waals surface area contributed by atoms with Crippen molar-refractivity contribution < 1.29 is 9.53 Å². The lowest BCUT2D eigenvalue weighted by Gasteiger charge is -2.15. The molecule has 0 bridgehead atoms. The third-order valence-corrected chi connectivity index (χ3v) is 4.17. The maximum Gasteiger partial charge on any atom is 0.340 e. The fraction of sp³-hybridized carbons (Fsp3) is 0.500. The number of ether oxygens (including phenoxy) is 1. The Morgan fingerprint density at radius 2 is 2.16 bits per heavy atom. The lowest BCUT2D eigenvalue weighted by atomic mass is 10.2.